The molecular weight excluding hydrogens is 428 g/mol. The third kappa shape index (κ3) is 6.71. The molecule has 1 fully saturated rings. The van der Waals surface area contributed by atoms with Crippen LogP contribution in [0.1, 0.15) is 41.6 Å². The number of nitro benzene ring substituents is 1. The van der Waals surface area contributed by atoms with E-state index in [4.69, 9.17) is 12.2 Å². The zero-order valence-corrected chi connectivity index (χ0v) is 18.3. The number of nitrogens with one attached hydrogen (secondary N) is 2. The molecule has 2 aromatic carbocycles. The molecule has 2 aromatic rings. The summed E-state index contributed by atoms with van der Waals surface area (Å²) in [6, 6.07) is 12.9. The fourth-order valence-corrected chi connectivity index (χ4v) is 3.63. The van der Waals surface area contributed by atoms with E-state index in [-0.39, 0.29) is 16.7 Å². The van der Waals surface area contributed by atoms with Crippen LogP contribution in [0.5, 0.6) is 0 Å². The van der Waals surface area contributed by atoms with Crippen LogP contribution >= 0.6 is 12.2 Å². The van der Waals surface area contributed by atoms with Crippen LogP contribution in [0, 0.1) is 10.1 Å². The van der Waals surface area contributed by atoms with Crippen molar-refractivity contribution in [1.29, 1.82) is 0 Å². The minimum Gasteiger partial charge on any atom is -0.339 e. The highest BCUT2D eigenvalue weighted by molar-refractivity contribution is 7.80. The molecule has 2 amide bonds. The Kier molecular flexibility index (Phi) is 8.04. The molecule has 0 unspecified atom stereocenters. The van der Waals surface area contributed by atoms with E-state index in [0.717, 1.165) is 38.8 Å². The molecule has 0 aliphatic carbocycles. The summed E-state index contributed by atoms with van der Waals surface area (Å²) in [6.07, 6.45) is 7.04. The van der Waals surface area contributed by atoms with Crippen LogP contribution in [0.15, 0.2) is 54.6 Å². The number of benzene rings is 2. The lowest BCUT2D eigenvalue weighted by atomic mass is 10.1. The van der Waals surface area contributed by atoms with Crippen LogP contribution in [0.25, 0.3) is 6.08 Å². The van der Waals surface area contributed by atoms with Crippen molar-refractivity contribution in [3.05, 3.63) is 75.8 Å². The van der Waals surface area contributed by atoms with Gasteiger partial charge in [-0.25, -0.2) is 0 Å². The van der Waals surface area contributed by atoms with Gasteiger partial charge in [0, 0.05) is 42.5 Å². The van der Waals surface area contributed by atoms with Gasteiger partial charge in [-0.05, 0) is 54.9 Å². The van der Waals surface area contributed by atoms with Gasteiger partial charge in [-0.3, -0.25) is 25.0 Å². The van der Waals surface area contributed by atoms with Crippen molar-refractivity contribution in [2.24, 2.45) is 0 Å². The summed E-state index contributed by atoms with van der Waals surface area (Å²) in [7, 11) is 0. The summed E-state index contributed by atoms with van der Waals surface area (Å²) in [4.78, 5) is 37.1. The quantitative estimate of drug-likeness (QED) is 0.306. The average molecular weight is 453 g/mol. The highest BCUT2D eigenvalue weighted by Crippen LogP contribution is 2.17. The van der Waals surface area contributed by atoms with E-state index < -0.39 is 10.8 Å². The standard InChI is InChI=1S/C23H24N4O4S/c28-21(12-11-17-7-5-10-20(15-17)27(30)31)25-23(32)24-19-9-6-8-18(16-19)22(29)26-13-3-1-2-4-14-26/h5-12,15-16H,1-4,13-14H2,(H2,24,25,28,32)/b12-11+. The van der Waals surface area contributed by atoms with Crippen LogP contribution in [0.2, 0.25) is 0 Å². The fourth-order valence-electron chi connectivity index (χ4n) is 3.42. The SMILES string of the molecule is O=C(/C=C/c1cccc([N+](=O)[O-])c1)NC(=S)Nc1cccc(C(=O)N2CCCCCC2)c1. The number of nitro groups is 1. The fraction of sp³-hybridized carbons (Fsp3) is 0.261. The van der Waals surface area contributed by atoms with E-state index in [1.807, 2.05) is 4.90 Å². The Morgan fingerprint density at radius 1 is 1.03 bits per heavy atom. The van der Waals surface area contributed by atoms with Gasteiger partial charge in [0.2, 0.25) is 5.91 Å². The van der Waals surface area contributed by atoms with Crippen molar-refractivity contribution in [3.8, 4) is 0 Å². The van der Waals surface area contributed by atoms with E-state index >= 15 is 0 Å². The van der Waals surface area contributed by atoms with Gasteiger partial charge in [0.15, 0.2) is 5.11 Å². The summed E-state index contributed by atoms with van der Waals surface area (Å²) in [5.41, 5.74) is 1.63. The number of hydrogen-bond donors (Lipinski definition) is 2. The molecule has 8 nitrogen and oxygen atoms in total. The van der Waals surface area contributed by atoms with Crippen molar-refractivity contribution in [1.82, 2.24) is 10.2 Å². The number of thiocarbonyl (C=S) groups is 1. The van der Waals surface area contributed by atoms with Crippen LogP contribution in [-0.4, -0.2) is 39.8 Å². The lowest BCUT2D eigenvalue weighted by molar-refractivity contribution is -0.384. The molecule has 0 spiro atoms. The summed E-state index contributed by atoms with van der Waals surface area (Å²) < 4.78 is 0. The number of anilines is 1. The topological polar surface area (TPSA) is 105 Å². The minimum atomic E-state index is -0.498. The monoisotopic (exact) mass is 452 g/mol. The van der Waals surface area contributed by atoms with Gasteiger partial charge in [0.1, 0.15) is 0 Å². The highest BCUT2D eigenvalue weighted by atomic mass is 32.1. The molecule has 0 atom stereocenters. The summed E-state index contributed by atoms with van der Waals surface area (Å²) in [5.74, 6) is -0.490. The number of carbonyl (C=O) groups is 2. The van der Waals surface area contributed by atoms with Crippen LogP contribution < -0.4 is 10.6 Å². The second-order valence-corrected chi connectivity index (χ2v) is 7.82. The summed E-state index contributed by atoms with van der Waals surface area (Å²) in [6.45, 7) is 1.53. The van der Waals surface area contributed by atoms with E-state index in [0.29, 0.717) is 16.8 Å². The van der Waals surface area contributed by atoms with Crippen molar-refractivity contribution < 1.29 is 14.5 Å². The summed E-state index contributed by atoms with van der Waals surface area (Å²) >= 11 is 5.19. The molecule has 9 heteroatoms. The predicted octanol–water partition coefficient (Wildman–Crippen LogP) is 4.14. The highest BCUT2D eigenvalue weighted by Gasteiger charge is 2.17. The maximum atomic E-state index is 12.8. The number of carbonyl (C=O) groups excluding carboxylic acids is 2. The van der Waals surface area contributed by atoms with Crippen molar-refractivity contribution in [2.75, 3.05) is 18.4 Å². The second-order valence-electron chi connectivity index (χ2n) is 7.42. The van der Waals surface area contributed by atoms with Gasteiger partial charge in [-0.15, -0.1) is 0 Å². The number of non-ortho nitro benzene ring substituents is 1. The minimum absolute atomic E-state index is 0.00890. The van der Waals surface area contributed by atoms with Gasteiger partial charge in [0.05, 0.1) is 4.92 Å². The maximum absolute atomic E-state index is 12.8. The van der Waals surface area contributed by atoms with Crippen LogP contribution in [0.3, 0.4) is 0 Å². The van der Waals surface area contributed by atoms with Gasteiger partial charge < -0.3 is 10.2 Å². The van der Waals surface area contributed by atoms with Gasteiger partial charge in [0.25, 0.3) is 11.6 Å². The molecule has 0 aromatic heterocycles. The summed E-state index contributed by atoms with van der Waals surface area (Å²) in [5, 5.41) is 16.3. The van der Waals surface area contributed by atoms with Gasteiger partial charge in [-0.1, -0.05) is 31.0 Å². The lowest BCUT2D eigenvalue weighted by Crippen LogP contribution is -2.33. The smallest absolute Gasteiger partial charge is 0.270 e. The first kappa shape index (κ1) is 23.1. The molecule has 0 radical (unpaired) electrons. The molecule has 1 saturated heterocycles. The maximum Gasteiger partial charge on any atom is 0.270 e. The van der Waals surface area contributed by atoms with E-state index in [1.54, 1.807) is 36.4 Å². The first-order valence-electron chi connectivity index (χ1n) is 10.4. The molecule has 166 valence electrons. The molecule has 2 N–H and O–H groups in total. The second kappa shape index (κ2) is 11.1. The molecule has 0 saturated carbocycles. The Bertz CT molecular complexity index is 1050. The zero-order valence-electron chi connectivity index (χ0n) is 17.5. The van der Waals surface area contributed by atoms with Crippen LogP contribution in [-0.2, 0) is 4.79 Å². The molecule has 1 heterocycles. The molecule has 0 bridgehead atoms. The molecule has 3 rings (SSSR count). The van der Waals surface area contributed by atoms with Crippen molar-refractivity contribution in [2.45, 2.75) is 25.7 Å². The Morgan fingerprint density at radius 2 is 1.75 bits per heavy atom. The number of nitrogens with zero attached hydrogens (tertiary/aromatic N) is 2. The number of amides is 2. The van der Waals surface area contributed by atoms with E-state index in [9.17, 15) is 19.7 Å². The average Bonchev–Trinajstić information content (AvgIpc) is 3.07. The third-order valence-corrected chi connectivity index (χ3v) is 5.21. The number of hydrogen-bond acceptors (Lipinski definition) is 5. The third-order valence-electron chi connectivity index (χ3n) is 5.01. The predicted molar refractivity (Wildman–Crippen MR) is 127 cm³/mol. The lowest BCUT2D eigenvalue weighted by Gasteiger charge is -2.20. The van der Waals surface area contributed by atoms with Crippen LogP contribution in [0.4, 0.5) is 11.4 Å². The van der Waals surface area contributed by atoms with Crippen molar-refractivity contribution in [3.63, 3.8) is 0 Å². The first-order valence-corrected chi connectivity index (χ1v) is 10.8. The van der Waals surface area contributed by atoms with Crippen molar-refractivity contribution >= 4 is 46.6 Å². The van der Waals surface area contributed by atoms with E-state index in [1.165, 1.54) is 24.3 Å². The van der Waals surface area contributed by atoms with E-state index in [2.05, 4.69) is 10.6 Å². The largest absolute Gasteiger partial charge is 0.339 e. The zero-order chi connectivity index (χ0) is 22.9. The van der Waals surface area contributed by atoms with Gasteiger partial charge in [-0.2, -0.15) is 0 Å². The number of rotatable bonds is 5. The number of likely N-dealkylation sites (tertiary alicyclic amines) is 1. The Morgan fingerprint density at radius 3 is 2.47 bits per heavy atom. The van der Waals surface area contributed by atoms with Gasteiger partial charge >= 0.3 is 0 Å². The Balaban J connectivity index is 1.57. The normalized spacial score (nSPS) is 13.9. The molecule has 1 aliphatic rings. The first-order chi connectivity index (χ1) is 15.4. The molecule has 1 aliphatic heterocycles. The molecule has 32 heavy (non-hydrogen) atoms. The molecular formula is C23H24N4O4S. The Labute approximate surface area is 191 Å². The Hall–Kier alpha value is -3.59.